The first-order valence-corrected chi connectivity index (χ1v) is 4.16. The number of rotatable bonds is 2. The van der Waals surface area contributed by atoms with Crippen molar-refractivity contribution in [1.29, 1.82) is 0 Å². The molecule has 2 rings (SSSR count). The second kappa shape index (κ2) is 3.25. The summed E-state index contributed by atoms with van der Waals surface area (Å²) in [6.07, 6.45) is 5.74. The molecule has 1 fully saturated rings. The molecular weight excluding hydrogens is 156 g/mol. The van der Waals surface area contributed by atoms with Crippen LogP contribution < -0.4 is 0 Å². The predicted molar refractivity (Wildman–Crippen MR) is 42.4 cm³/mol. The molecule has 0 aliphatic carbocycles. The second-order valence-electron chi connectivity index (χ2n) is 2.88. The van der Waals surface area contributed by atoms with Gasteiger partial charge in [-0.3, -0.25) is 0 Å². The molecule has 12 heavy (non-hydrogen) atoms. The van der Waals surface area contributed by atoms with E-state index in [2.05, 4.69) is 4.98 Å². The van der Waals surface area contributed by atoms with Gasteiger partial charge in [0.2, 0.25) is 0 Å². The van der Waals surface area contributed by atoms with Gasteiger partial charge in [-0.05, 0) is 12.8 Å². The quantitative estimate of drug-likeness (QED) is 0.706. The van der Waals surface area contributed by atoms with Crippen molar-refractivity contribution in [2.75, 3.05) is 6.61 Å². The van der Waals surface area contributed by atoms with Crippen molar-refractivity contribution in [3.05, 3.63) is 18.2 Å². The standard InChI is InChI=1S/C8H12N2O2/c11-6-7-9-3-4-10(7)8-2-1-5-12-8/h3-4,8,11H,1-2,5-6H2. The summed E-state index contributed by atoms with van der Waals surface area (Å²) in [6, 6.07) is 0. The zero-order chi connectivity index (χ0) is 8.39. The summed E-state index contributed by atoms with van der Waals surface area (Å²) in [5, 5.41) is 8.93. The minimum Gasteiger partial charge on any atom is -0.388 e. The molecule has 0 saturated carbocycles. The average Bonchev–Trinajstić information content (AvgIpc) is 2.74. The highest BCUT2D eigenvalue weighted by atomic mass is 16.5. The van der Waals surface area contributed by atoms with E-state index in [4.69, 9.17) is 9.84 Å². The first kappa shape index (κ1) is 7.76. The Hall–Kier alpha value is -0.870. The molecule has 2 heterocycles. The van der Waals surface area contributed by atoms with Gasteiger partial charge in [0.1, 0.15) is 18.7 Å². The molecule has 1 saturated heterocycles. The Balaban J connectivity index is 2.19. The summed E-state index contributed by atoms with van der Waals surface area (Å²) in [5.41, 5.74) is 0. The fourth-order valence-electron chi connectivity index (χ4n) is 1.51. The molecule has 1 aromatic rings. The first-order valence-electron chi connectivity index (χ1n) is 4.16. The third-order valence-corrected chi connectivity index (χ3v) is 2.11. The number of nitrogens with zero attached hydrogens (tertiary/aromatic N) is 2. The van der Waals surface area contributed by atoms with Crippen molar-refractivity contribution < 1.29 is 9.84 Å². The zero-order valence-electron chi connectivity index (χ0n) is 6.81. The zero-order valence-corrected chi connectivity index (χ0v) is 6.81. The van der Waals surface area contributed by atoms with E-state index in [1.54, 1.807) is 6.20 Å². The van der Waals surface area contributed by atoms with Crippen molar-refractivity contribution >= 4 is 0 Å². The number of imidazole rings is 1. The van der Waals surface area contributed by atoms with Crippen LogP contribution in [0.2, 0.25) is 0 Å². The summed E-state index contributed by atoms with van der Waals surface area (Å²) in [6.45, 7) is 0.792. The lowest BCUT2D eigenvalue weighted by atomic mass is 10.3. The van der Waals surface area contributed by atoms with E-state index in [0.29, 0.717) is 5.82 Å². The molecule has 0 aromatic carbocycles. The van der Waals surface area contributed by atoms with Crippen molar-refractivity contribution in [1.82, 2.24) is 9.55 Å². The molecule has 1 aliphatic heterocycles. The molecule has 4 heteroatoms. The van der Waals surface area contributed by atoms with Gasteiger partial charge in [-0.1, -0.05) is 0 Å². The SMILES string of the molecule is OCc1nccn1C1CCCO1. The third kappa shape index (κ3) is 1.23. The van der Waals surface area contributed by atoms with Crippen LogP contribution in [0.15, 0.2) is 12.4 Å². The Kier molecular flexibility index (Phi) is 2.10. The van der Waals surface area contributed by atoms with Crippen molar-refractivity contribution in [2.24, 2.45) is 0 Å². The summed E-state index contributed by atoms with van der Waals surface area (Å²) in [7, 11) is 0. The maximum Gasteiger partial charge on any atom is 0.136 e. The van der Waals surface area contributed by atoms with Gasteiger partial charge in [0.25, 0.3) is 0 Å². The van der Waals surface area contributed by atoms with Gasteiger partial charge < -0.3 is 14.4 Å². The summed E-state index contributed by atoms with van der Waals surface area (Å²) >= 11 is 0. The van der Waals surface area contributed by atoms with Gasteiger partial charge in [0.15, 0.2) is 0 Å². The summed E-state index contributed by atoms with van der Waals surface area (Å²) < 4.78 is 7.35. The molecule has 1 unspecified atom stereocenters. The van der Waals surface area contributed by atoms with E-state index < -0.39 is 0 Å². The molecule has 0 spiro atoms. The molecule has 1 N–H and O–H groups in total. The van der Waals surface area contributed by atoms with E-state index in [9.17, 15) is 0 Å². The van der Waals surface area contributed by atoms with Gasteiger partial charge in [-0.2, -0.15) is 0 Å². The van der Waals surface area contributed by atoms with E-state index in [1.807, 2.05) is 10.8 Å². The third-order valence-electron chi connectivity index (χ3n) is 2.11. The minimum absolute atomic E-state index is 0.0210. The Morgan fingerprint density at radius 1 is 1.75 bits per heavy atom. The highest BCUT2D eigenvalue weighted by Gasteiger charge is 2.18. The predicted octanol–water partition coefficient (Wildman–Crippen LogP) is 0.684. The van der Waals surface area contributed by atoms with Crippen molar-refractivity contribution in [2.45, 2.75) is 25.7 Å². The molecule has 0 bridgehead atoms. The number of hydrogen-bond acceptors (Lipinski definition) is 3. The molecule has 1 aromatic heterocycles. The van der Waals surface area contributed by atoms with Crippen LogP contribution in [0.3, 0.4) is 0 Å². The summed E-state index contributed by atoms with van der Waals surface area (Å²) in [5.74, 6) is 0.682. The van der Waals surface area contributed by atoms with Crippen molar-refractivity contribution in [3.63, 3.8) is 0 Å². The maximum atomic E-state index is 8.93. The lowest BCUT2D eigenvalue weighted by Gasteiger charge is -2.12. The van der Waals surface area contributed by atoms with Crippen LogP contribution >= 0.6 is 0 Å². The highest BCUT2D eigenvalue weighted by molar-refractivity contribution is 4.92. The Morgan fingerprint density at radius 2 is 2.67 bits per heavy atom. The second-order valence-corrected chi connectivity index (χ2v) is 2.88. The van der Waals surface area contributed by atoms with Gasteiger partial charge in [-0.15, -0.1) is 0 Å². The largest absolute Gasteiger partial charge is 0.388 e. The van der Waals surface area contributed by atoms with Gasteiger partial charge in [0.05, 0.1) is 0 Å². The van der Waals surface area contributed by atoms with E-state index in [0.717, 1.165) is 19.4 Å². The number of ether oxygens (including phenoxy) is 1. The lowest BCUT2D eigenvalue weighted by molar-refractivity contribution is 0.0511. The van der Waals surface area contributed by atoms with Gasteiger partial charge in [0, 0.05) is 19.0 Å². The van der Waals surface area contributed by atoms with Crippen LogP contribution in [0.5, 0.6) is 0 Å². The summed E-state index contributed by atoms with van der Waals surface area (Å²) in [4.78, 5) is 4.01. The number of aliphatic hydroxyl groups excluding tert-OH is 1. The van der Waals surface area contributed by atoms with E-state index in [1.165, 1.54) is 0 Å². The minimum atomic E-state index is -0.0210. The molecule has 0 radical (unpaired) electrons. The van der Waals surface area contributed by atoms with Gasteiger partial charge in [-0.25, -0.2) is 4.98 Å². The fourth-order valence-corrected chi connectivity index (χ4v) is 1.51. The van der Waals surface area contributed by atoms with Crippen LogP contribution in [0.1, 0.15) is 24.9 Å². The van der Waals surface area contributed by atoms with Crippen LogP contribution in [0.4, 0.5) is 0 Å². The van der Waals surface area contributed by atoms with E-state index in [-0.39, 0.29) is 12.8 Å². The smallest absolute Gasteiger partial charge is 0.136 e. The molecule has 4 nitrogen and oxygen atoms in total. The Morgan fingerprint density at radius 3 is 3.33 bits per heavy atom. The lowest BCUT2D eigenvalue weighted by Crippen LogP contribution is -2.10. The van der Waals surface area contributed by atoms with Gasteiger partial charge >= 0.3 is 0 Å². The fraction of sp³-hybridized carbons (Fsp3) is 0.625. The molecule has 1 aliphatic rings. The maximum absolute atomic E-state index is 8.93. The first-order chi connectivity index (χ1) is 5.92. The highest BCUT2D eigenvalue weighted by Crippen LogP contribution is 2.23. The Bertz CT molecular complexity index is 253. The Labute approximate surface area is 70.8 Å². The number of hydrogen-bond donors (Lipinski definition) is 1. The number of aromatic nitrogens is 2. The van der Waals surface area contributed by atoms with Crippen LogP contribution in [-0.4, -0.2) is 21.3 Å². The molecule has 0 amide bonds. The monoisotopic (exact) mass is 168 g/mol. The molecular formula is C8H12N2O2. The number of aliphatic hydroxyl groups is 1. The van der Waals surface area contributed by atoms with E-state index >= 15 is 0 Å². The topological polar surface area (TPSA) is 47.3 Å². The van der Waals surface area contributed by atoms with Crippen LogP contribution in [0.25, 0.3) is 0 Å². The van der Waals surface area contributed by atoms with Crippen LogP contribution in [0, 0.1) is 0 Å². The van der Waals surface area contributed by atoms with Crippen LogP contribution in [-0.2, 0) is 11.3 Å². The average molecular weight is 168 g/mol. The normalized spacial score (nSPS) is 23.2. The molecule has 66 valence electrons. The van der Waals surface area contributed by atoms with Crippen molar-refractivity contribution in [3.8, 4) is 0 Å². The molecule has 1 atom stereocenters.